The van der Waals surface area contributed by atoms with Crippen LogP contribution in [0.15, 0.2) is 0 Å². The van der Waals surface area contributed by atoms with Gasteiger partial charge in [0.15, 0.2) is 5.82 Å². The number of aryl methyl sites for hydroxylation is 1. The highest BCUT2D eigenvalue weighted by Crippen LogP contribution is 2.30. The summed E-state index contributed by atoms with van der Waals surface area (Å²) < 4.78 is 1.84. The van der Waals surface area contributed by atoms with Crippen LogP contribution in [0.4, 0.5) is 0 Å². The zero-order valence-electron chi connectivity index (χ0n) is 9.77. The molecule has 1 aromatic heterocycles. The molecule has 2 rings (SSSR count). The number of hydrogen-bond donors (Lipinski definition) is 0. The Balaban J connectivity index is 1.79. The average molecular weight is 243 g/mol. The van der Waals surface area contributed by atoms with Crippen LogP contribution in [0.2, 0.25) is 0 Å². The molecule has 1 heterocycles. The standard InChI is InChI=1S/C11H19ClN4/c1-9-2-4-10(5-3-9)6-7-16-11(8-12)13-14-15-16/h9-10H,2-8H2,1H3. The predicted octanol–water partition coefficient (Wildman–Crippen LogP) is 2.63. The van der Waals surface area contributed by atoms with Crippen molar-refractivity contribution in [3.63, 3.8) is 0 Å². The smallest absolute Gasteiger partial charge is 0.165 e. The summed E-state index contributed by atoms with van der Waals surface area (Å²) in [5.41, 5.74) is 0. The molecule has 0 saturated heterocycles. The fourth-order valence-electron chi connectivity index (χ4n) is 2.42. The van der Waals surface area contributed by atoms with E-state index in [0.29, 0.717) is 5.88 Å². The van der Waals surface area contributed by atoms with E-state index in [2.05, 4.69) is 22.4 Å². The first kappa shape index (κ1) is 11.8. The van der Waals surface area contributed by atoms with Gasteiger partial charge in [-0.2, -0.15) is 0 Å². The van der Waals surface area contributed by atoms with Gasteiger partial charge in [-0.15, -0.1) is 16.7 Å². The Morgan fingerprint density at radius 2 is 2.06 bits per heavy atom. The topological polar surface area (TPSA) is 43.6 Å². The molecule has 0 radical (unpaired) electrons. The molecule has 90 valence electrons. The summed E-state index contributed by atoms with van der Waals surface area (Å²) in [5.74, 6) is 2.95. The van der Waals surface area contributed by atoms with Crippen molar-refractivity contribution >= 4 is 11.6 Å². The van der Waals surface area contributed by atoms with Crippen molar-refractivity contribution < 1.29 is 0 Å². The highest BCUT2D eigenvalue weighted by molar-refractivity contribution is 6.16. The molecule has 5 heteroatoms. The zero-order valence-corrected chi connectivity index (χ0v) is 10.5. The van der Waals surface area contributed by atoms with Gasteiger partial charge in [-0.3, -0.25) is 0 Å². The van der Waals surface area contributed by atoms with Gasteiger partial charge in [-0.05, 0) is 28.7 Å². The van der Waals surface area contributed by atoms with Crippen LogP contribution in [0.1, 0.15) is 44.9 Å². The molecule has 0 N–H and O–H groups in total. The van der Waals surface area contributed by atoms with E-state index in [0.717, 1.165) is 24.2 Å². The summed E-state index contributed by atoms with van der Waals surface area (Å²) >= 11 is 5.75. The second kappa shape index (κ2) is 5.62. The lowest BCUT2D eigenvalue weighted by Crippen LogP contribution is -2.15. The van der Waals surface area contributed by atoms with Crippen molar-refractivity contribution in [2.75, 3.05) is 0 Å². The second-order valence-electron chi connectivity index (χ2n) is 4.87. The van der Waals surface area contributed by atoms with Crippen LogP contribution < -0.4 is 0 Å². The number of hydrogen-bond acceptors (Lipinski definition) is 3. The normalized spacial score (nSPS) is 25.9. The van der Waals surface area contributed by atoms with Crippen LogP contribution in [0.25, 0.3) is 0 Å². The molecule has 0 bridgehead atoms. The third kappa shape index (κ3) is 2.94. The molecule has 0 atom stereocenters. The van der Waals surface area contributed by atoms with Crippen LogP contribution in [0.5, 0.6) is 0 Å². The van der Waals surface area contributed by atoms with Crippen LogP contribution >= 0.6 is 11.6 Å². The van der Waals surface area contributed by atoms with Crippen LogP contribution in [-0.4, -0.2) is 20.2 Å². The quantitative estimate of drug-likeness (QED) is 0.763. The lowest BCUT2D eigenvalue weighted by molar-refractivity contribution is 0.264. The third-order valence-corrected chi connectivity index (χ3v) is 3.85. The molecule has 0 unspecified atom stereocenters. The first-order valence-electron chi connectivity index (χ1n) is 6.10. The molecule has 1 aromatic rings. The molecule has 1 fully saturated rings. The Bertz CT molecular complexity index is 318. The minimum atomic E-state index is 0.398. The van der Waals surface area contributed by atoms with Crippen molar-refractivity contribution in [1.29, 1.82) is 0 Å². The maximum Gasteiger partial charge on any atom is 0.165 e. The molecule has 1 saturated carbocycles. The van der Waals surface area contributed by atoms with E-state index in [4.69, 9.17) is 11.6 Å². The van der Waals surface area contributed by atoms with E-state index in [1.54, 1.807) is 0 Å². The number of alkyl halides is 1. The van der Waals surface area contributed by atoms with Gasteiger partial charge in [0.2, 0.25) is 0 Å². The highest BCUT2D eigenvalue weighted by atomic mass is 35.5. The molecule has 0 spiro atoms. The van der Waals surface area contributed by atoms with E-state index >= 15 is 0 Å². The minimum absolute atomic E-state index is 0.398. The van der Waals surface area contributed by atoms with Gasteiger partial charge < -0.3 is 0 Å². The average Bonchev–Trinajstić information content (AvgIpc) is 2.76. The van der Waals surface area contributed by atoms with Crippen LogP contribution in [-0.2, 0) is 12.4 Å². The Labute approximate surface area is 101 Å². The minimum Gasteiger partial charge on any atom is -0.228 e. The first-order chi connectivity index (χ1) is 7.79. The van der Waals surface area contributed by atoms with Gasteiger partial charge in [0.1, 0.15) is 0 Å². The second-order valence-corrected chi connectivity index (χ2v) is 5.13. The molecular weight excluding hydrogens is 224 g/mol. The van der Waals surface area contributed by atoms with Gasteiger partial charge in [-0.25, -0.2) is 4.68 Å². The molecule has 1 aliphatic rings. The number of aromatic nitrogens is 4. The third-order valence-electron chi connectivity index (χ3n) is 3.61. The summed E-state index contributed by atoms with van der Waals surface area (Å²) in [7, 11) is 0. The van der Waals surface area contributed by atoms with Crippen molar-refractivity contribution in [3.05, 3.63) is 5.82 Å². The lowest BCUT2D eigenvalue weighted by Gasteiger charge is -2.25. The molecule has 1 aliphatic carbocycles. The Morgan fingerprint density at radius 3 is 2.75 bits per heavy atom. The van der Waals surface area contributed by atoms with Crippen LogP contribution in [0.3, 0.4) is 0 Å². The van der Waals surface area contributed by atoms with Gasteiger partial charge in [0, 0.05) is 6.54 Å². The van der Waals surface area contributed by atoms with E-state index in [-0.39, 0.29) is 0 Å². The predicted molar refractivity (Wildman–Crippen MR) is 63.1 cm³/mol. The van der Waals surface area contributed by atoms with Crippen molar-refractivity contribution in [3.8, 4) is 0 Å². The molecule has 4 nitrogen and oxygen atoms in total. The van der Waals surface area contributed by atoms with Gasteiger partial charge >= 0.3 is 0 Å². The van der Waals surface area contributed by atoms with E-state index in [9.17, 15) is 0 Å². The summed E-state index contributed by atoms with van der Waals surface area (Å²) in [4.78, 5) is 0. The van der Waals surface area contributed by atoms with E-state index in [1.165, 1.54) is 32.1 Å². The summed E-state index contributed by atoms with van der Waals surface area (Å²) in [6.45, 7) is 3.26. The SMILES string of the molecule is CC1CCC(CCn2nnnc2CCl)CC1. The fourth-order valence-corrected chi connectivity index (χ4v) is 2.61. The summed E-state index contributed by atoms with van der Waals surface area (Å²) in [6, 6.07) is 0. The van der Waals surface area contributed by atoms with Crippen LogP contribution in [0, 0.1) is 11.8 Å². The van der Waals surface area contributed by atoms with Crippen molar-refractivity contribution in [2.24, 2.45) is 11.8 Å². The molecule has 16 heavy (non-hydrogen) atoms. The monoisotopic (exact) mass is 242 g/mol. The van der Waals surface area contributed by atoms with Crippen molar-refractivity contribution in [2.45, 2.75) is 51.5 Å². The number of nitrogens with zero attached hydrogens (tertiary/aromatic N) is 4. The van der Waals surface area contributed by atoms with Gasteiger partial charge in [0.25, 0.3) is 0 Å². The maximum absolute atomic E-state index is 5.75. The lowest BCUT2D eigenvalue weighted by atomic mass is 9.81. The molecule has 0 amide bonds. The fraction of sp³-hybridized carbons (Fsp3) is 0.909. The Morgan fingerprint density at radius 1 is 1.31 bits per heavy atom. The maximum atomic E-state index is 5.75. The molecule has 0 aromatic carbocycles. The zero-order chi connectivity index (χ0) is 11.4. The number of tetrazole rings is 1. The van der Waals surface area contributed by atoms with Gasteiger partial charge in [-0.1, -0.05) is 32.6 Å². The highest BCUT2D eigenvalue weighted by Gasteiger charge is 2.18. The number of halogens is 1. The number of rotatable bonds is 4. The summed E-state index contributed by atoms with van der Waals surface area (Å²) in [6.07, 6.45) is 6.66. The Hall–Kier alpha value is -0.640. The summed E-state index contributed by atoms with van der Waals surface area (Å²) in [5, 5.41) is 11.5. The molecular formula is C11H19ClN4. The largest absolute Gasteiger partial charge is 0.228 e. The van der Waals surface area contributed by atoms with Gasteiger partial charge in [0.05, 0.1) is 5.88 Å². The molecule has 0 aliphatic heterocycles. The van der Waals surface area contributed by atoms with E-state index in [1.807, 2.05) is 4.68 Å². The first-order valence-corrected chi connectivity index (χ1v) is 6.64. The van der Waals surface area contributed by atoms with E-state index < -0.39 is 0 Å². The van der Waals surface area contributed by atoms with Crippen molar-refractivity contribution in [1.82, 2.24) is 20.2 Å². The Kier molecular flexibility index (Phi) is 4.16.